The van der Waals surface area contributed by atoms with Gasteiger partial charge in [-0.2, -0.15) is 9.40 Å². The first kappa shape index (κ1) is 14.2. The fraction of sp³-hybridized carbons (Fsp3) is 0.250. The lowest BCUT2D eigenvalue weighted by Gasteiger charge is -2.17. The van der Waals surface area contributed by atoms with Crippen molar-refractivity contribution in [2.24, 2.45) is 7.05 Å². The van der Waals surface area contributed by atoms with Gasteiger partial charge in [0.2, 0.25) is 10.0 Å². The smallest absolute Gasteiger partial charge is 0.243 e. The lowest BCUT2D eigenvalue weighted by atomic mass is 10.4. The van der Waals surface area contributed by atoms with Gasteiger partial charge in [-0.3, -0.25) is 4.68 Å². The number of aromatic nitrogens is 2. The summed E-state index contributed by atoms with van der Waals surface area (Å²) in [7, 11) is -0.139. The van der Waals surface area contributed by atoms with Crippen LogP contribution in [-0.2, 0) is 23.6 Å². The summed E-state index contributed by atoms with van der Waals surface area (Å²) in [5.74, 6) is 0. The van der Waals surface area contributed by atoms with Gasteiger partial charge in [-0.15, -0.1) is 0 Å². The summed E-state index contributed by atoms with van der Waals surface area (Å²) in [5, 5.41) is 4.07. The van der Waals surface area contributed by atoms with Crippen LogP contribution in [0.25, 0.3) is 0 Å². The van der Waals surface area contributed by atoms with Crippen LogP contribution in [0.2, 0.25) is 0 Å². The van der Waals surface area contributed by atoms with E-state index in [4.69, 9.17) is 0 Å². The third-order valence-electron chi connectivity index (χ3n) is 2.83. The zero-order chi connectivity index (χ0) is 14.0. The maximum atomic E-state index is 12.4. The number of aryl methyl sites for hydroxylation is 1. The van der Waals surface area contributed by atoms with Crippen LogP contribution < -0.4 is 0 Å². The fourth-order valence-electron chi connectivity index (χ4n) is 1.68. The molecule has 1 aromatic carbocycles. The van der Waals surface area contributed by atoms with Gasteiger partial charge in [0.05, 0.1) is 27.8 Å². The van der Waals surface area contributed by atoms with Crippen molar-refractivity contribution in [3.05, 3.63) is 46.7 Å². The zero-order valence-electron chi connectivity index (χ0n) is 10.6. The van der Waals surface area contributed by atoms with Gasteiger partial charge < -0.3 is 0 Å². The van der Waals surface area contributed by atoms with Crippen molar-refractivity contribution in [2.75, 3.05) is 7.05 Å². The van der Waals surface area contributed by atoms with Crippen molar-refractivity contribution in [3.8, 4) is 0 Å². The van der Waals surface area contributed by atoms with E-state index in [2.05, 4.69) is 21.0 Å². The van der Waals surface area contributed by atoms with E-state index in [-0.39, 0.29) is 11.4 Å². The molecule has 0 spiro atoms. The maximum Gasteiger partial charge on any atom is 0.243 e. The fourth-order valence-corrected chi connectivity index (χ4v) is 3.31. The molecule has 1 aromatic heterocycles. The van der Waals surface area contributed by atoms with Crippen molar-refractivity contribution in [2.45, 2.75) is 11.4 Å². The first-order valence-corrected chi connectivity index (χ1v) is 7.84. The second-order valence-electron chi connectivity index (χ2n) is 4.14. The summed E-state index contributed by atoms with van der Waals surface area (Å²) in [6.07, 6.45) is 1.65. The topological polar surface area (TPSA) is 55.2 Å². The van der Waals surface area contributed by atoms with E-state index in [0.29, 0.717) is 0 Å². The minimum absolute atomic E-state index is 0.258. The number of hydrogen-bond acceptors (Lipinski definition) is 3. The van der Waals surface area contributed by atoms with Gasteiger partial charge in [-0.25, -0.2) is 8.42 Å². The highest BCUT2D eigenvalue weighted by molar-refractivity contribution is 9.10. The molecule has 0 amide bonds. The monoisotopic (exact) mass is 343 g/mol. The minimum Gasteiger partial charge on any atom is -0.270 e. The molecule has 1 heterocycles. The first-order chi connectivity index (χ1) is 8.93. The van der Waals surface area contributed by atoms with Crippen LogP contribution >= 0.6 is 15.9 Å². The number of nitrogens with zero attached hydrogens (tertiary/aromatic N) is 3. The molecular weight excluding hydrogens is 330 g/mol. The Bertz CT molecular complexity index is 648. The average molecular weight is 344 g/mol. The molecule has 102 valence electrons. The molecule has 0 fully saturated rings. The van der Waals surface area contributed by atoms with E-state index < -0.39 is 10.0 Å². The normalized spacial score (nSPS) is 12.0. The Morgan fingerprint density at radius 3 is 2.47 bits per heavy atom. The van der Waals surface area contributed by atoms with Crippen molar-refractivity contribution in [3.63, 3.8) is 0 Å². The summed E-state index contributed by atoms with van der Waals surface area (Å²) in [6, 6.07) is 8.38. The van der Waals surface area contributed by atoms with E-state index in [9.17, 15) is 8.42 Å². The van der Waals surface area contributed by atoms with Gasteiger partial charge >= 0.3 is 0 Å². The number of sulfonamides is 1. The van der Waals surface area contributed by atoms with Crippen molar-refractivity contribution >= 4 is 26.0 Å². The molecule has 0 aliphatic carbocycles. The number of benzene rings is 1. The summed E-state index contributed by atoms with van der Waals surface area (Å²) in [5.41, 5.74) is 0.807. The summed E-state index contributed by atoms with van der Waals surface area (Å²) < 4.78 is 28.5. The highest BCUT2D eigenvalue weighted by Gasteiger charge is 2.22. The quantitative estimate of drug-likeness (QED) is 0.853. The third-order valence-corrected chi connectivity index (χ3v) is 5.31. The van der Waals surface area contributed by atoms with Crippen LogP contribution in [0.5, 0.6) is 0 Å². The molecular formula is C12H14BrN3O2S. The van der Waals surface area contributed by atoms with Crippen molar-refractivity contribution in [1.29, 1.82) is 0 Å². The highest BCUT2D eigenvalue weighted by atomic mass is 79.9. The van der Waals surface area contributed by atoms with E-state index >= 15 is 0 Å². The maximum absolute atomic E-state index is 12.4. The summed E-state index contributed by atoms with van der Waals surface area (Å²) in [4.78, 5) is 0.288. The Labute approximate surface area is 121 Å². The molecule has 0 aliphatic heterocycles. The van der Waals surface area contributed by atoms with E-state index in [1.54, 1.807) is 55.3 Å². The molecule has 2 rings (SSSR count). The van der Waals surface area contributed by atoms with Gasteiger partial charge in [0, 0.05) is 14.1 Å². The summed E-state index contributed by atoms with van der Waals surface area (Å²) in [6.45, 7) is 0.258. The van der Waals surface area contributed by atoms with Gasteiger partial charge in [0.15, 0.2) is 0 Å². The predicted molar refractivity (Wildman–Crippen MR) is 76.0 cm³/mol. The Kier molecular flexibility index (Phi) is 4.07. The molecule has 0 bridgehead atoms. The van der Waals surface area contributed by atoms with Gasteiger partial charge in [0.1, 0.15) is 0 Å². The molecule has 0 unspecified atom stereocenters. The first-order valence-electron chi connectivity index (χ1n) is 5.60. The standard InChI is InChI=1S/C12H14BrN3O2S/c1-15(9-12-11(13)8-14-16(12)2)19(17,18)10-6-4-3-5-7-10/h3-8H,9H2,1-2H3. The molecule has 0 saturated carbocycles. The van der Waals surface area contributed by atoms with Crippen LogP contribution in [-0.4, -0.2) is 29.6 Å². The van der Waals surface area contributed by atoms with Crippen molar-refractivity contribution < 1.29 is 8.42 Å². The highest BCUT2D eigenvalue weighted by Crippen LogP contribution is 2.20. The number of rotatable bonds is 4. The Morgan fingerprint density at radius 1 is 1.32 bits per heavy atom. The predicted octanol–water partition coefficient (Wildman–Crippen LogP) is 2.00. The van der Waals surface area contributed by atoms with Gasteiger partial charge in [-0.1, -0.05) is 18.2 Å². The molecule has 19 heavy (non-hydrogen) atoms. The Morgan fingerprint density at radius 2 is 1.95 bits per heavy atom. The SMILES string of the molecule is CN(Cc1c(Br)cnn1C)S(=O)(=O)c1ccccc1. The van der Waals surface area contributed by atoms with Gasteiger partial charge in [0.25, 0.3) is 0 Å². The molecule has 7 heteroatoms. The molecule has 5 nitrogen and oxygen atoms in total. The lowest BCUT2D eigenvalue weighted by molar-refractivity contribution is 0.452. The lowest BCUT2D eigenvalue weighted by Crippen LogP contribution is -2.27. The van der Waals surface area contributed by atoms with E-state index in [0.717, 1.165) is 10.2 Å². The molecule has 2 aromatic rings. The Hall–Kier alpha value is -1.18. The third kappa shape index (κ3) is 2.88. The molecule has 0 N–H and O–H groups in total. The van der Waals surface area contributed by atoms with Crippen LogP contribution in [0.3, 0.4) is 0 Å². The molecule has 0 aliphatic rings. The molecule has 0 radical (unpaired) electrons. The Balaban J connectivity index is 2.28. The number of halogens is 1. The minimum atomic E-state index is -3.48. The average Bonchev–Trinajstić information content (AvgIpc) is 2.71. The van der Waals surface area contributed by atoms with Crippen molar-refractivity contribution in [1.82, 2.24) is 14.1 Å². The van der Waals surface area contributed by atoms with Crippen LogP contribution in [0.15, 0.2) is 45.9 Å². The zero-order valence-corrected chi connectivity index (χ0v) is 13.0. The second-order valence-corrected chi connectivity index (χ2v) is 7.04. The number of hydrogen-bond donors (Lipinski definition) is 0. The molecule has 0 atom stereocenters. The van der Waals surface area contributed by atoms with Crippen LogP contribution in [0, 0.1) is 0 Å². The van der Waals surface area contributed by atoms with E-state index in [1.165, 1.54) is 4.31 Å². The van der Waals surface area contributed by atoms with Gasteiger partial charge in [-0.05, 0) is 28.1 Å². The largest absolute Gasteiger partial charge is 0.270 e. The van der Waals surface area contributed by atoms with Crippen LogP contribution in [0.1, 0.15) is 5.69 Å². The van der Waals surface area contributed by atoms with E-state index in [1.807, 2.05) is 0 Å². The second kappa shape index (κ2) is 5.44. The summed E-state index contributed by atoms with van der Waals surface area (Å²) >= 11 is 3.36. The molecule has 0 saturated heterocycles. The van der Waals surface area contributed by atoms with Crippen LogP contribution in [0.4, 0.5) is 0 Å².